The molecule has 0 radical (unpaired) electrons. The zero-order valence-electron chi connectivity index (χ0n) is 41.9. The van der Waals surface area contributed by atoms with Crippen LogP contribution in [0.1, 0.15) is 75.6 Å². The third kappa shape index (κ3) is 9.01. The minimum absolute atomic E-state index is 0.202. The van der Waals surface area contributed by atoms with Crippen LogP contribution in [-0.2, 0) is 18.3 Å². The van der Waals surface area contributed by atoms with E-state index >= 15 is 0 Å². The first-order valence-corrected chi connectivity index (χ1v) is 27.8. The van der Waals surface area contributed by atoms with Crippen molar-refractivity contribution in [1.29, 1.82) is 0 Å². The van der Waals surface area contributed by atoms with Gasteiger partial charge in [0, 0.05) is 56.7 Å². The molecule has 11 aromatic rings. The van der Waals surface area contributed by atoms with Crippen LogP contribution < -0.4 is 0 Å². The topological polar surface area (TPSA) is 82.3 Å². The average molecular weight is 1190 g/mol. The Hall–Kier alpha value is -6.96. The highest BCUT2D eigenvalue weighted by atomic mass is 127. The van der Waals surface area contributed by atoms with Crippen molar-refractivity contribution in [2.45, 2.75) is 71.6 Å². The first kappa shape index (κ1) is 48.0. The molecule has 0 amide bonds. The largest absolute Gasteiger partial charge is 0.308 e. The van der Waals surface area contributed by atoms with Gasteiger partial charge in [0.05, 0.1) is 16.7 Å². The van der Waals surface area contributed by atoms with Crippen molar-refractivity contribution in [2.75, 3.05) is 0 Å². The van der Waals surface area contributed by atoms with Crippen molar-refractivity contribution in [2.24, 2.45) is 0 Å². The summed E-state index contributed by atoms with van der Waals surface area (Å²) in [5.74, 6) is 3.56. The molecular weight excluding hydrogens is 1130 g/mol. The van der Waals surface area contributed by atoms with E-state index in [1.165, 1.54) is 44.2 Å². The SMILES string of the molecule is CCCCc1cc(I)cc(-c2nc(-c3cc(I)cc(CCCC)c3)nc(-c3ccc(-n4c5ccccc5c5cc6c(cc54)C(C)(C)c4ccccc4-6)c(-c4nc(-c5ccccc5)nc(-c5ccccc5)n4)c3)n2)c1. The fourth-order valence-corrected chi connectivity index (χ4v) is 12.2. The molecule has 1 aliphatic carbocycles. The van der Waals surface area contributed by atoms with E-state index in [9.17, 15) is 0 Å². The number of fused-ring (bicyclic) bond motifs is 6. The van der Waals surface area contributed by atoms with Gasteiger partial charge in [0.2, 0.25) is 0 Å². The molecule has 3 aromatic heterocycles. The number of benzene rings is 8. The smallest absolute Gasteiger partial charge is 0.166 e. The molecule has 74 heavy (non-hydrogen) atoms. The molecule has 0 bridgehead atoms. The highest BCUT2D eigenvalue weighted by molar-refractivity contribution is 14.1. The van der Waals surface area contributed by atoms with Crippen LogP contribution in [0.25, 0.3) is 107 Å². The number of aryl methyl sites for hydroxylation is 2. The van der Waals surface area contributed by atoms with Crippen molar-refractivity contribution in [3.63, 3.8) is 0 Å². The van der Waals surface area contributed by atoms with Crippen molar-refractivity contribution >= 4 is 67.0 Å². The summed E-state index contributed by atoms with van der Waals surface area (Å²) in [4.78, 5) is 32.1. The van der Waals surface area contributed by atoms with Crippen molar-refractivity contribution in [3.05, 3.63) is 205 Å². The summed E-state index contributed by atoms with van der Waals surface area (Å²) < 4.78 is 4.72. The minimum Gasteiger partial charge on any atom is -0.308 e. The van der Waals surface area contributed by atoms with Gasteiger partial charge in [-0.15, -0.1) is 0 Å². The van der Waals surface area contributed by atoms with Crippen LogP contribution in [0, 0.1) is 7.14 Å². The molecule has 0 saturated heterocycles. The summed E-state index contributed by atoms with van der Waals surface area (Å²) in [6.07, 6.45) is 6.45. The zero-order chi connectivity index (χ0) is 50.5. The maximum Gasteiger partial charge on any atom is 0.166 e. The summed E-state index contributed by atoms with van der Waals surface area (Å²) in [6.45, 7) is 9.17. The van der Waals surface area contributed by atoms with Crippen LogP contribution in [0.3, 0.4) is 0 Å². The molecular formula is C65H53I2N7. The monoisotopic (exact) mass is 1190 g/mol. The molecule has 0 atom stereocenters. The first-order valence-electron chi connectivity index (χ1n) is 25.7. The predicted molar refractivity (Wildman–Crippen MR) is 320 cm³/mol. The number of rotatable bonds is 13. The van der Waals surface area contributed by atoms with Gasteiger partial charge in [-0.05, 0) is 177 Å². The number of hydrogen-bond donors (Lipinski definition) is 0. The Morgan fingerprint density at radius 2 is 0.905 bits per heavy atom. The van der Waals surface area contributed by atoms with Crippen molar-refractivity contribution in [3.8, 4) is 85.1 Å². The molecule has 1 aliphatic rings. The van der Waals surface area contributed by atoms with Gasteiger partial charge in [-0.2, -0.15) is 0 Å². The van der Waals surface area contributed by atoms with Crippen molar-refractivity contribution in [1.82, 2.24) is 34.5 Å². The predicted octanol–water partition coefficient (Wildman–Crippen LogP) is 17.4. The average Bonchev–Trinajstić information content (AvgIpc) is 3.88. The lowest BCUT2D eigenvalue weighted by Gasteiger charge is -2.22. The highest BCUT2D eigenvalue weighted by Crippen LogP contribution is 2.51. The Morgan fingerprint density at radius 3 is 1.50 bits per heavy atom. The Kier molecular flexibility index (Phi) is 13.0. The number of halogens is 2. The maximum absolute atomic E-state index is 5.40. The van der Waals surface area contributed by atoms with Crippen LogP contribution in [-0.4, -0.2) is 34.5 Å². The van der Waals surface area contributed by atoms with E-state index in [1.54, 1.807) is 0 Å². The van der Waals surface area contributed by atoms with Gasteiger partial charge in [-0.3, -0.25) is 0 Å². The molecule has 0 fully saturated rings. The van der Waals surface area contributed by atoms with Crippen LogP contribution >= 0.6 is 45.2 Å². The van der Waals surface area contributed by atoms with Crippen molar-refractivity contribution < 1.29 is 0 Å². The molecule has 0 spiro atoms. The van der Waals surface area contributed by atoms with Gasteiger partial charge in [-0.1, -0.05) is 144 Å². The van der Waals surface area contributed by atoms with Gasteiger partial charge < -0.3 is 4.57 Å². The first-order chi connectivity index (χ1) is 36.1. The van der Waals surface area contributed by atoms with E-state index in [-0.39, 0.29) is 5.41 Å². The van der Waals surface area contributed by atoms with E-state index < -0.39 is 0 Å². The van der Waals surface area contributed by atoms with Crippen LogP contribution in [0.5, 0.6) is 0 Å². The van der Waals surface area contributed by atoms with Gasteiger partial charge in [0.1, 0.15) is 0 Å². The lowest BCUT2D eigenvalue weighted by molar-refractivity contribution is 0.661. The van der Waals surface area contributed by atoms with E-state index in [2.05, 4.69) is 217 Å². The minimum atomic E-state index is -0.202. The zero-order valence-corrected chi connectivity index (χ0v) is 46.2. The molecule has 0 aliphatic heterocycles. The number of unbranched alkanes of at least 4 members (excludes halogenated alkanes) is 2. The second-order valence-electron chi connectivity index (χ2n) is 19.9. The van der Waals surface area contributed by atoms with Crippen LogP contribution in [0.2, 0.25) is 0 Å². The number of aromatic nitrogens is 7. The molecule has 12 rings (SSSR count). The Bertz CT molecular complexity index is 3810. The third-order valence-corrected chi connectivity index (χ3v) is 15.8. The lowest BCUT2D eigenvalue weighted by atomic mass is 9.82. The summed E-state index contributed by atoms with van der Waals surface area (Å²) in [7, 11) is 0. The standard InChI is InChI=1S/C65H53I2N7/c1-5-7-19-40-31-45(35-47(66)33-40)62-69-61(70-63(71-62)46-32-41(20-8-6-2)34-48(67)36-46)44-29-30-57(53(37-44)64-72-59(42-21-11-9-12-22-42)68-60(73-64)43-23-13-10-14-24-43)74-56-28-18-16-26-50(56)52-38-51-49-25-15-17-27-54(49)65(3,4)55(51)39-58(52)74/h9-18,21-39H,5-8,19-20H2,1-4H3. The van der Waals surface area contributed by atoms with Gasteiger partial charge in [0.25, 0.3) is 0 Å². The number of para-hydroxylation sites is 1. The molecule has 3 heterocycles. The van der Waals surface area contributed by atoms with E-state index in [0.29, 0.717) is 34.9 Å². The highest BCUT2D eigenvalue weighted by Gasteiger charge is 2.36. The molecule has 362 valence electrons. The van der Waals surface area contributed by atoms with E-state index in [0.717, 1.165) is 95.8 Å². The molecule has 0 saturated carbocycles. The maximum atomic E-state index is 5.40. The van der Waals surface area contributed by atoms with Crippen LogP contribution in [0.4, 0.5) is 0 Å². The van der Waals surface area contributed by atoms with E-state index in [4.69, 9.17) is 29.9 Å². The summed E-state index contributed by atoms with van der Waals surface area (Å²) >= 11 is 4.87. The molecule has 0 N–H and O–H groups in total. The second-order valence-corrected chi connectivity index (χ2v) is 22.4. The fraction of sp³-hybridized carbons (Fsp3) is 0.169. The lowest BCUT2D eigenvalue weighted by Crippen LogP contribution is -2.15. The second kappa shape index (κ2) is 20.0. The normalized spacial score (nSPS) is 12.6. The summed E-state index contributed by atoms with van der Waals surface area (Å²) in [5, 5.41) is 2.36. The Labute approximate surface area is 460 Å². The van der Waals surface area contributed by atoms with E-state index in [1.807, 2.05) is 36.4 Å². The Morgan fingerprint density at radius 1 is 0.392 bits per heavy atom. The fourth-order valence-electron chi connectivity index (χ4n) is 10.8. The quantitative estimate of drug-likeness (QED) is 0.107. The Balaban J connectivity index is 1.14. The van der Waals surface area contributed by atoms with Gasteiger partial charge in [-0.25, -0.2) is 29.9 Å². The summed E-state index contributed by atoms with van der Waals surface area (Å²) in [5.41, 5.74) is 16.1. The molecule has 9 heteroatoms. The third-order valence-electron chi connectivity index (χ3n) is 14.5. The molecule has 0 unspecified atom stereocenters. The van der Waals surface area contributed by atoms with Gasteiger partial charge in [0.15, 0.2) is 34.9 Å². The summed E-state index contributed by atoms with van der Waals surface area (Å²) in [6, 6.07) is 62.9. The van der Waals surface area contributed by atoms with Gasteiger partial charge >= 0.3 is 0 Å². The number of hydrogen-bond acceptors (Lipinski definition) is 6. The van der Waals surface area contributed by atoms with Crippen LogP contribution in [0.15, 0.2) is 176 Å². The number of nitrogens with zero attached hydrogens (tertiary/aromatic N) is 7. The molecule has 7 nitrogen and oxygen atoms in total. The molecule has 8 aromatic carbocycles.